The van der Waals surface area contributed by atoms with Crippen LogP contribution in [0.2, 0.25) is 0 Å². The second-order valence-electron chi connectivity index (χ2n) is 5.58. The van der Waals surface area contributed by atoms with Gasteiger partial charge in [0.25, 0.3) is 5.69 Å². The van der Waals surface area contributed by atoms with Crippen LogP contribution in [0.3, 0.4) is 0 Å². The van der Waals surface area contributed by atoms with Crippen molar-refractivity contribution in [3.8, 4) is 5.75 Å². The minimum Gasteiger partial charge on any atom is -0.493 e. The molecule has 8 nitrogen and oxygen atoms in total. The predicted octanol–water partition coefficient (Wildman–Crippen LogP) is 3.72. The van der Waals surface area contributed by atoms with Crippen molar-refractivity contribution < 1.29 is 14.5 Å². The van der Waals surface area contributed by atoms with E-state index in [2.05, 4.69) is 15.5 Å². The molecule has 0 radical (unpaired) electrons. The number of nitro benzene ring substituents is 1. The summed E-state index contributed by atoms with van der Waals surface area (Å²) in [6, 6.07) is 15.4. The van der Waals surface area contributed by atoms with Crippen molar-refractivity contribution in [1.82, 2.24) is 10.2 Å². The highest BCUT2D eigenvalue weighted by Gasteiger charge is 2.07. The molecule has 0 saturated heterocycles. The average molecular weight is 396 g/mol. The molecule has 0 saturated carbocycles. The van der Waals surface area contributed by atoms with Gasteiger partial charge >= 0.3 is 0 Å². The molecule has 142 valence electrons. The first-order chi connectivity index (χ1) is 13.6. The smallest absolute Gasteiger partial charge is 0.269 e. The van der Waals surface area contributed by atoms with Gasteiger partial charge in [0.15, 0.2) is 0 Å². The van der Waals surface area contributed by atoms with Gasteiger partial charge < -0.3 is 4.74 Å². The first-order valence-corrected chi connectivity index (χ1v) is 9.15. The van der Waals surface area contributed by atoms with Crippen LogP contribution in [0.5, 0.6) is 5.75 Å². The van der Waals surface area contributed by atoms with Gasteiger partial charge in [-0.05, 0) is 35.9 Å². The molecule has 0 aliphatic carbocycles. The first-order valence-electron chi connectivity index (χ1n) is 8.34. The third kappa shape index (κ3) is 5.71. The summed E-state index contributed by atoms with van der Waals surface area (Å²) < 4.78 is 5.61. The van der Waals surface area contributed by atoms with Crippen LogP contribution in [-0.2, 0) is 11.2 Å². The molecule has 0 fully saturated rings. The largest absolute Gasteiger partial charge is 0.493 e. The van der Waals surface area contributed by atoms with Gasteiger partial charge in [0.05, 0.1) is 11.5 Å². The molecule has 0 unspecified atom stereocenters. The molecule has 1 N–H and O–H groups in total. The number of benzene rings is 2. The van der Waals surface area contributed by atoms with Crippen molar-refractivity contribution in [1.29, 1.82) is 0 Å². The molecular formula is C19H16N4O4S. The quantitative estimate of drug-likeness (QED) is 0.353. The summed E-state index contributed by atoms with van der Waals surface area (Å²) in [4.78, 5) is 22.1. The van der Waals surface area contributed by atoms with Crippen molar-refractivity contribution in [2.75, 3.05) is 11.9 Å². The lowest BCUT2D eigenvalue weighted by atomic mass is 10.2. The molecule has 1 amide bonds. The summed E-state index contributed by atoms with van der Waals surface area (Å²) in [7, 11) is 0. The summed E-state index contributed by atoms with van der Waals surface area (Å²) in [5.41, 5.74) is 0.677. The summed E-state index contributed by atoms with van der Waals surface area (Å²) in [6.07, 6.45) is 3.48. The standard InChI is InChI=1S/C19H16N4O4S/c24-17(11-8-14-6-9-15(10-7-14)23(25)26)20-19-22-21-18(28-19)12-13-27-16-4-2-1-3-5-16/h1-11H,12-13H2,(H,20,22,24)/b11-8+. The maximum absolute atomic E-state index is 12.0. The Labute approximate surface area is 164 Å². The van der Waals surface area contributed by atoms with Gasteiger partial charge in [0, 0.05) is 24.6 Å². The lowest BCUT2D eigenvalue weighted by Gasteiger charge is -2.03. The normalized spacial score (nSPS) is 10.7. The maximum Gasteiger partial charge on any atom is 0.269 e. The van der Waals surface area contributed by atoms with Crippen molar-refractivity contribution in [2.45, 2.75) is 6.42 Å². The van der Waals surface area contributed by atoms with Gasteiger partial charge in [-0.15, -0.1) is 10.2 Å². The number of carbonyl (C=O) groups is 1. The summed E-state index contributed by atoms with van der Waals surface area (Å²) in [5.74, 6) is 0.429. The molecule has 0 aliphatic heterocycles. The van der Waals surface area contributed by atoms with Crippen molar-refractivity contribution in [3.63, 3.8) is 0 Å². The van der Waals surface area contributed by atoms with E-state index >= 15 is 0 Å². The third-order valence-corrected chi connectivity index (χ3v) is 4.45. The molecule has 3 aromatic rings. The predicted molar refractivity (Wildman–Crippen MR) is 106 cm³/mol. The van der Waals surface area contributed by atoms with Crippen LogP contribution in [-0.4, -0.2) is 27.6 Å². The zero-order chi connectivity index (χ0) is 19.8. The van der Waals surface area contributed by atoms with Crippen LogP contribution >= 0.6 is 11.3 Å². The molecule has 0 bridgehead atoms. The highest BCUT2D eigenvalue weighted by molar-refractivity contribution is 7.15. The Morgan fingerprint density at radius 1 is 1.14 bits per heavy atom. The minimum atomic E-state index is -0.474. The second kappa shape index (κ2) is 9.38. The average Bonchev–Trinajstić information content (AvgIpc) is 3.14. The van der Waals surface area contributed by atoms with Crippen LogP contribution in [0.4, 0.5) is 10.8 Å². The number of nitrogens with zero attached hydrogens (tertiary/aromatic N) is 3. The fraction of sp³-hybridized carbons (Fsp3) is 0.105. The number of rotatable bonds is 8. The molecule has 9 heteroatoms. The van der Waals surface area contributed by atoms with Crippen LogP contribution in [0.15, 0.2) is 60.7 Å². The van der Waals surface area contributed by atoms with Crippen LogP contribution < -0.4 is 10.1 Å². The van der Waals surface area contributed by atoms with E-state index in [4.69, 9.17) is 4.74 Å². The van der Waals surface area contributed by atoms with E-state index in [-0.39, 0.29) is 11.6 Å². The van der Waals surface area contributed by atoms with E-state index in [1.165, 1.54) is 29.5 Å². The van der Waals surface area contributed by atoms with E-state index < -0.39 is 4.92 Å². The fourth-order valence-corrected chi connectivity index (χ4v) is 2.93. The number of nitrogens with one attached hydrogen (secondary N) is 1. The number of nitro groups is 1. The molecule has 0 atom stereocenters. The van der Waals surface area contributed by atoms with Crippen molar-refractivity contribution in [3.05, 3.63) is 81.4 Å². The van der Waals surface area contributed by atoms with E-state index in [1.807, 2.05) is 30.3 Å². The molecule has 1 aromatic heterocycles. The lowest BCUT2D eigenvalue weighted by molar-refractivity contribution is -0.384. The number of ether oxygens (including phenoxy) is 1. The zero-order valence-corrected chi connectivity index (χ0v) is 15.5. The minimum absolute atomic E-state index is 0.000709. The maximum atomic E-state index is 12.0. The molecular weight excluding hydrogens is 380 g/mol. The highest BCUT2D eigenvalue weighted by Crippen LogP contribution is 2.17. The monoisotopic (exact) mass is 396 g/mol. The molecule has 2 aromatic carbocycles. The number of hydrogen-bond donors (Lipinski definition) is 1. The third-order valence-electron chi connectivity index (χ3n) is 3.56. The Hall–Kier alpha value is -3.59. The van der Waals surface area contributed by atoms with Crippen molar-refractivity contribution in [2.24, 2.45) is 0 Å². The Kier molecular flexibility index (Phi) is 6.42. The van der Waals surface area contributed by atoms with Crippen LogP contribution in [0, 0.1) is 10.1 Å². The molecule has 1 heterocycles. The summed E-state index contributed by atoms with van der Waals surface area (Å²) in [5, 5.41) is 22.4. The van der Waals surface area contributed by atoms with E-state index in [0.717, 1.165) is 10.8 Å². The number of non-ortho nitro benzene ring substituents is 1. The summed E-state index contributed by atoms with van der Waals surface area (Å²) in [6.45, 7) is 0.465. The van der Waals surface area contributed by atoms with Gasteiger partial charge in [0.1, 0.15) is 10.8 Å². The highest BCUT2D eigenvalue weighted by atomic mass is 32.1. The fourth-order valence-electron chi connectivity index (χ4n) is 2.20. The van der Waals surface area contributed by atoms with Crippen LogP contribution in [0.1, 0.15) is 10.6 Å². The zero-order valence-electron chi connectivity index (χ0n) is 14.6. The number of aromatic nitrogens is 2. The Morgan fingerprint density at radius 2 is 1.89 bits per heavy atom. The van der Waals surface area contributed by atoms with E-state index in [1.54, 1.807) is 18.2 Å². The second-order valence-corrected chi connectivity index (χ2v) is 6.65. The summed E-state index contributed by atoms with van der Waals surface area (Å²) >= 11 is 1.28. The van der Waals surface area contributed by atoms with E-state index in [9.17, 15) is 14.9 Å². The molecule has 0 spiro atoms. The van der Waals surface area contributed by atoms with Gasteiger partial charge in [0.2, 0.25) is 11.0 Å². The topological polar surface area (TPSA) is 107 Å². The number of amides is 1. The van der Waals surface area contributed by atoms with Gasteiger partial charge in [-0.3, -0.25) is 20.2 Å². The lowest BCUT2D eigenvalue weighted by Crippen LogP contribution is -2.07. The van der Waals surface area contributed by atoms with Crippen molar-refractivity contribution >= 4 is 34.1 Å². The SMILES string of the molecule is O=C(/C=C/c1ccc([N+](=O)[O-])cc1)Nc1nnc(CCOc2ccccc2)s1. The molecule has 28 heavy (non-hydrogen) atoms. The van der Waals surface area contributed by atoms with E-state index in [0.29, 0.717) is 23.7 Å². The molecule has 3 rings (SSSR count). The van der Waals surface area contributed by atoms with Gasteiger partial charge in [-0.25, -0.2) is 0 Å². The number of anilines is 1. The Balaban J connectivity index is 1.47. The first kappa shape index (κ1) is 19.2. The van der Waals surface area contributed by atoms with Gasteiger partial charge in [-0.2, -0.15) is 0 Å². The Morgan fingerprint density at radius 3 is 2.61 bits per heavy atom. The van der Waals surface area contributed by atoms with Gasteiger partial charge in [-0.1, -0.05) is 29.5 Å². The molecule has 0 aliphatic rings. The number of hydrogen-bond acceptors (Lipinski definition) is 7. The van der Waals surface area contributed by atoms with Crippen LogP contribution in [0.25, 0.3) is 6.08 Å². The number of carbonyl (C=O) groups excluding carboxylic acids is 1. The number of para-hydroxylation sites is 1. The Bertz CT molecular complexity index is 971.